The summed E-state index contributed by atoms with van der Waals surface area (Å²) in [4.78, 5) is 14.7. The smallest absolute Gasteiger partial charge is 0.254 e. The summed E-state index contributed by atoms with van der Waals surface area (Å²) in [5.41, 5.74) is 1.23. The molecule has 1 N–H and O–H groups in total. The molecular formula is C21H26N2O2. The molecule has 2 aliphatic rings. The predicted octanol–water partition coefficient (Wildman–Crippen LogP) is 2.51. The van der Waals surface area contributed by atoms with Crippen molar-refractivity contribution in [1.82, 2.24) is 9.47 Å². The minimum absolute atomic E-state index is 0.0793. The van der Waals surface area contributed by atoms with Gasteiger partial charge in [-0.15, -0.1) is 0 Å². The van der Waals surface area contributed by atoms with E-state index in [1.807, 2.05) is 30.3 Å². The topological polar surface area (TPSA) is 45.5 Å². The Hall–Kier alpha value is -1.91. The van der Waals surface area contributed by atoms with Gasteiger partial charge in [0.15, 0.2) is 0 Å². The van der Waals surface area contributed by atoms with Crippen LogP contribution in [-0.4, -0.2) is 27.7 Å². The Bertz CT molecular complexity index is 801. The van der Waals surface area contributed by atoms with Crippen molar-refractivity contribution in [2.24, 2.45) is 18.9 Å². The van der Waals surface area contributed by atoms with E-state index in [1.54, 1.807) is 17.8 Å². The van der Waals surface area contributed by atoms with E-state index >= 15 is 0 Å². The molecule has 0 bridgehead atoms. The van der Waals surface area contributed by atoms with Crippen LogP contribution in [0.25, 0.3) is 0 Å². The normalized spacial score (nSPS) is 29.5. The van der Waals surface area contributed by atoms with Gasteiger partial charge in [0.2, 0.25) is 0 Å². The summed E-state index contributed by atoms with van der Waals surface area (Å²) in [6.45, 7) is 2.50. The Morgan fingerprint density at radius 1 is 1.16 bits per heavy atom. The number of pyridine rings is 1. The lowest BCUT2D eigenvalue weighted by Gasteiger charge is -2.41. The first kappa shape index (κ1) is 16.6. The first-order chi connectivity index (χ1) is 12.1. The SMILES string of the molecule is Cn1cccc(CN2C[C@@H]3CCC[C@@](O)(c4ccccc4)[C@@H]3C2)c1=O. The van der Waals surface area contributed by atoms with E-state index < -0.39 is 5.60 Å². The van der Waals surface area contributed by atoms with Crippen LogP contribution in [0.4, 0.5) is 0 Å². The van der Waals surface area contributed by atoms with Crippen LogP contribution in [0.2, 0.25) is 0 Å². The molecule has 1 aromatic heterocycles. The molecule has 132 valence electrons. The highest BCUT2D eigenvalue weighted by Gasteiger charge is 2.49. The molecule has 0 radical (unpaired) electrons. The molecule has 25 heavy (non-hydrogen) atoms. The third-order valence-electron chi connectivity index (χ3n) is 6.13. The lowest BCUT2D eigenvalue weighted by atomic mass is 9.67. The molecule has 1 aliphatic heterocycles. The average Bonchev–Trinajstić information content (AvgIpc) is 3.04. The van der Waals surface area contributed by atoms with Crippen molar-refractivity contribution in [2.75, 3.05) is 13.1 Å². The number of aryl methyl sites for hydroxylation is 1. The van der Waals surface area contributed by atoms with Gasteiger partial charge in [-0.1, -0.05) is 36.4 Å². The third-order valence-corrected chi connectivity index (χ3v) is 6.13. The van der Waals surface area contributed by atoms with Gasteiger partial charge in [0.05, 0.1) is 5.60 Å². The summed E-state index contributed by atoms with van der Waals surface area (Å²) in [5, 5.41) is 11.5. The van der Waals surface area contributed by atoms with Crippen LogP contribution >= 0.6 is 0 Å². The Balaban J connectivity index is 1.57. The van der Waals surface area contributed by atoms with E-state index in [4.69, 9.17) is 0 Å². The van der Waals surface area contributed by atoms with Crippen LogP contribution in [0.15, 0.2) is 53.5 Å². The molecule has 4 rings (SSSR count). The Kier molecular flexibility index (Phi) is 4.26. The average molecular weight is 338 g/mol. The fraction of sp³-hybridized carbons (Fsp3) is 0.476. The number of aliphatic hydroxyl groups is 1. The minimum atomic E-state index is -0.736. The van der Waals surface area contributed by atoms with Crippen molar-refractivity contribution in [3.63, 3.8) is 0 Å². The number of benzene rings is 1. The maximum Gasteiger partial charge on any atom is 0.254 e. The summed E-state index contributed by atoms with van der Waals surface area (Å²) in [7, 11) is 1.80. The third kappa shape index (κ3) is 2.94. The molecule has 0 amide bonds. The molecule has 1 aliphatic carbocycles. The summed E-state index contributed by atoms with van der Waals surface area (Å²) in [5.74, 6) is 0.753. The maximum atomic E-state index is 12.3. The van der Waals surface area contributed by atoms with Gasteiger partial charge in [-0.05, 0) is 36.8 Å². The van der Waals surface area contributed by atoms with Gasteiger partial charge < -0.3 is 9.67 Å². The van der Waals surface area contributed by atoms with E-state index in [2.05, 4.69) is 17.0 Å². The van der Waals surface area contributed by atoms with E-state index in [0.717, 1.165) is 37.1 Å². The monoisotopic (exact) mass is 338 g/mol. The Labute approximate surface area is 148 Å². The van der Waals surface area contributed by atoms with Gasteiger partial charge in [0.1, 0.15) is 0 Å². The van der Waals surface area contributed by atoms with Crippen LogP contribution in [-0.2, 0) is 19.2 Å². The number of nitrogens with zero attached hydrogens (tertiary/aromatic N) is 2. The molecule has 2 fully saturated rings. The first-order valence-corrected chi connectivity index (χ1v) is 9.23. The van der Waals surface area contributed by atoms with Crippen LogP contribution in [0.5, 0.6) is 0 Å². The van der Waals surface area contributed by atoms with E-state index in [0.29, 0.717) is 12.5 Å². The van der Waals surface area contributed by atoms with Gasteiger partial charge in [-0.2, -0.15) is 0 Å². The number of fused-ring (bicyclic) bond motifs is 1. The summed E-state index contributed by atoms with van der Waals surface area (Å²) in [6, 6.07) is 14.0. The number of aromatic nitrogens is 1. The Morgan fingerprint density at radius 3 is 2.76 bits per heavy atom. The summed E-state index contributed by atoms with van der Waals surface area (Å²) in [6.07, 6.45) is 4.86. The fourth-order valence-electron chi connectivity index (χ4n) is 4.84. The van der Waals surface area contributed by atoms with E-state index in [-0.39, 0.29) is 11.5 Å². The number of hydrogen-bond donors (Lipinski definition) is 1. The highest BCUT2D eigenvalue weighted by atomic mass is 16.3. The van der Waals surface area contributed by atoms with Crippen LogP contribution in [0.1, 0.15) is 30.4 Å². The first-order valence-electron chi connectivity index (χ1n) is 9.23. The zero-order valence-electron chi connectivity index (χ0n) is 14.8. The summed E-state index contributed by atoms with van der Waals surface area (Å²) < 4.78 is 1.64. The minimum Gasteiger partial charge on any atom is -0.385 e. The molecular weight excluding hydrogens is 312 g/mol. The molecule has 3 atom stereocenters. The van der Waals surface area contributed by atoms with E-state index in [9.17, 15) is 9.90 Å². The highest BCUT2D eigenvalue weighted by Crippen LogP contribution is 2.48. The van der Waals surface area contributed by atoms with Crippen molar-refractivity contribution in [3.8, 4) is 0 Å². The molecule has 4 heteroatoms. The van der Waals surface area contributed by atoms with Crippen molar-refractivity contribution in [1.29, 1.82) is 0 Å². The maximum absolute atomic E-state index is 12.3. The molecule has 0 unspecified atom stereocenters. The molecule has 1 saturated heterocycles. The number of likely N-dealkylation sites (tertiary alicyclic amines) is 1. The van der Waals surface area contributed by atoms with Crippen LogP contribution in [0, 0.1) is 11.8 Å². The predicted molar refractivity (Wildman–Crippen MR) is 98.1 cm³/mol. The molecule has 1 aromatic carbocycles. The lowest BCUT2D eigenvalue weighted by Crippen LogP contribution is -2.42. The standard InChI is InChI=1S/C21H26N2O2/c1-22-12-6-8-17(20(22)24)14-23-13-16-7-5-11-21(25,19(16)15-23)18-9-3-2-4-10-18/h2-4,6,8-10,12,16,19,25H,5,7,11,13-15H2,1H3/t16-,19+,21+/m0/s1. The van der Waals surface area contributed by atoms with Crippen molar-refractivity contribution in [2.45, 2.75) is 31.4 Å². The van der Waals surface area contributed by atoms with Crippen molar-refractivity contribution in [3.05, 3.63) is 70.1 Å². The zero-order valence-corrected chi connectivity index (χ0v) is 14.8. The number of hydrogen-bond acceptors (Lipinski definition) is 3. The molecule has 2 heterocycles. The molecule has 2 aromatic rings. The number of rotatable bonds is 3. The highest BCUT2D eigenvalue weighted by molar-refractivity contribution is 5.25. The Morgan fingerprint density at radius 2 is 1.96 bits per heavy atom. The quantitative estimate of drug-likeness (QED) is 0.935. The largest absolute Gasteiger partial charge is 0.385 e. The fourth-order valence-corrected chi connectivity index (χ4v) is 4.84. The second-order valence-corrected chi connectivity index (χ2v) is 7.69. The zero-order chi connectivity index (χ0) is 17.4. The van der Waals surface area contributed by atoms with Gasteiger partial charge in [0.25, 0.3) is 5.56 Å². The van der Waals surface area contributed by atoms with Gasteiger partial charge >= 0.3 is 0 Å². The molecule has 0 spiro atoms. The second kappa shape index (κ2) is 6.43. The van der Waals surface area contributed by atoms with Crippen molar-refractivity contribution >= 4 is 0 Å². The lowest BCUT2D eigenvalue weighted by molar-refractivity contribution is -0.0648. The van der Waals surface area contributed by atoms with Gasteiger partial charge in [0, 0.05) is 44.4 Å². The van der Waals surface area contributed by atoms with Gasteiger partial charge in [-0.25, -0.2) is 0 Å². The van der Waals surface area contributed by atoms with Crippen molar-refractivity contribution < 1.29 is 5.11 Å². The molecule has 4 nitrogen and oxygen atoms in total. The van der Waals surface area contributed by atoms with Crippen LogP contribution < -0.4 is 5.56 Å². The molecule has 1 saturated carbocycles. The van der Waals surface area contributed by atoms with Gasteiger partial charge in [-0.3, -0.25) is 9.69 Å². The summed E-state index contributed by atoms with van der Waals surface area (Å²) >= 11 is 0. The second-order valence-electron chi connectivity index (χ2n) is 7.69. The van der Waals surface area contributed by atoms with E-state index in [1.165, 1.54) is 6.42 Å². The van der Waals surface area contributed by atoms with Crippen LogP contribution in [0.3, 0.4) is 0 Å².